The Balaban J connectivity index is 1.96. The smallest absolute Gasteiger partial charge is 0.185 e. The third-order valence-corrected chi connectivity index (χ3v) is 5.12. The van der Waals surface area contributed by atoms with Gasteiger partial charge in [-0.05, 0) is 39.2 Å². The highest BCUT2D eigenvalue weighted by atomic mass is 32.1. The quantitative estimate of drug-likeness (QED) is 0.889. The van der Waals surface area contributed by atoms with Gasteiger partial charge in [0.1, 0.15) is 0 Å². The summed E-state index contributed by atoms with van der Waals surface area (Å²) in [5, 5.41) is 6.68. The molecule has 3 nitrogen and oxygen atoms in total. The Morgan fingerprint density at radius 1 is 1.47 bits per heavy atom. The lowest BCUT2D eigenvalue weighted by Crippen LogP contribution is -2.24. The van der Waals surface area contributed by atoms with Gasteiger partial charge < -0.3 is 10.2 Å². The fourth-order valence-corrected chi connectivity index (χ4v) is 3.79. The molecular weight excluding hydrogens is 254 g/mol. The van der Waals surface area contributed by atoms with E-state index in [9.17, 15) is 0 Å². The van der Waals surface area contributed by atoms with Gasteiger partial charge in [-0.2, -0.15) is 0 Å². The van der Waals surface area contributed by atoms with Crippen molar-refractivity contribution < 1.29 is 0 Å². The number of thiazole rings is 1. The summed E-state index contributed by atoms with van der Waals surface area (Å²) in [5.74, 6) is 0.936. The summed E-state index contributed by atoms with van der Waals surface area (Å²) in [6, 6.07) is 0.352. The second kappa shape index (κ2) is 7.25. The van der Waals surface area contributed by atoms with Crippen molar-refractivity contribution in [2.24, 2.45) is 5.92 Å². The number of hydrogen-bond acceptors (Lipinski definition) is 4. The standard InChI is InChI=1S/C15H27N3S/c1-4-6-13-7-5-9-18(10-8-13)15-17-14(11-19-15)12(2)16-3/h11-13,16H,4-10H2,1-3H3. The topological polar surface area (TPSA) is 28.2 Å². The SMILES string of the molecule is CCCC1CCCN(c2nc(C(C)NC)cs2)CC1. The van der Waals surface area contributed by atoms with Gasteiger partial charge in [-0.1, -0.05) is 19.8 Å². The molecule has 1 aliphatic heterocycles. The molecule has 0 spiro atoms. The molecule has 19 heavy (non-hydrogen) atoms. The van der Waals surface area contributed by atoms with Crippen molar-refractivity contribution in [1.29, 1.82) is 0 Å². The highest BCUT2D eigenvalue weighted by Gasteiger charge is 2.19. The van der Waals surface area contributed by atoms with E-state index < -0.39 is 0 Å². The zero-order chi connectivity index (χ0) is 13.7. The molecule has 108 valence electrons. The number of anilines is 1. The molecule has 0 aromatic carbocycles. The summed E-state index contributed by atoms with van der Waals surface area (Å²) in [6.07, 6.45) is 6.78. The lowest BCUT2D eigenvalue weighted by Gasteiger charge is -2.19. The van der Waals surface area contributed by atoms with E-state index in [0.29, 0.717) is 6.04 Å². The van der Waals surface area contributed by atoms with Crippen LogP contribution in [0.3, 0.4) is 0 Å². The summed E-state index contributed by atoms with van der Waals surface area (Å²) in [6.45, 7) is 6.83. The third-order valence-electron chi connectivity index (χ3n) is 4.20. The Bertz CT molecular complexity index is 377. The second-order valence-corrected chi connectivity index (χ2v) is 6.47. The third kappa shape index (κ3) is 3.93. The lowest BCUT2D eigenvalue weighted by molar-refractivity contribution is 0.435. The van der Waals surface area contributed by atoms with Gasteiger partial charge in [0.05, 0.1) is 5.69 Å². The number of hydrogen-bond donors (Lipinski definition) is 1. The van der Waals surface area contributed by atoms with Crippen molar-refractivity contribution in [2.75, 3.05) is 25.0 Å². The van der Waals surface area contributed by atoms with Gasteiger partial charge in [0, 0.05) is 24.5 Å². The van der Waals surface area contributed by atoms with Crippen LogP contribution in [0.15, 0.2) is 5.38 Å². The lowest BCUT2D eigenvalue weighted by atomic mass is 9.96. The van der Waals surface area contributed by atoms with Gasteiger partial charge in [0.25, 0.3) is 0 Å². The Kier molecular flexibility index (Phi) is 5.64. The molecule has 4 heteroatoms. The molecule has 2 atom stereocenters. The van der Waals surface area contributed by atoms with Crippen molar-refractivity contribution in [3.8, 4) is 0 Å². The molecule has 2 rings (SSSR count). The van der Waals surface area contributed by atoms with E-state index in [1.807, 2.05) is 7.05 Å². The minimum atomic E-state index is 0.352. The predicted molar refractivity (Wildman–Crippen MR) is 84.1 cm³/mol. The number of nitrogens with one attached hydrogen (secondary N) is 1. The number of rotatable bonds is 5. The molecule has 0 radical (unpaired) electrons. The van der Waals surface area contributed by atoms with E-state index in [4.69, 9.17) is 4.98 Å². The molecule has 1 aromatic heterocycles. The van der Waals surface area contributed by atoms with Gasteiger partial charge in [-0.15, -0.1) is 11.3 Å². The molecule has 1 fully saturated rings. The maximum Gasteiger partial charge on any atom is 0.185 e. The summed E-state index contributed by atoms with van der Waals surface area (Å²) in [4.78, 5) is 7.29. The minimum absolute atomic E-state index is 0.352. The van der Waals surface area contributed by atoms with Crippen LogP contribution in [0.25, 0.3) is 0 Å². The molecule has 2 heterocycles. The van der Waals surface area contributed by atoms with Crippen LogP contribution < -0.4 is 10.2 Å². The number of aromatic nitrogens is 1. The van der Waals surface area contributed by atoms with Crippen LogP contribution in [0, 0.1) is 5.92 Å². The summed E-state index contributed by atoms with van der Waals surface area (Å²) in [7, 11) is 1.99. The summed E-state index contributed by atoms with van der Waals surface area (Å²) >= 11 is 1.80. The van der Waals surface area contributed by atoms with Gasteiger partial charge >= 0.3 is 0 Å². The van der Waals surface area contributed by atoms with E-state index in [-0.39, 0.29) is 0 Å². The minimum Gasteiger partial charge on any atom is -0.348 e. The second-order valence-electron chi connectivity index (χ2n) is 5.64. The molecule has 1 aliphatic rings. The molecule has 0 aliphatic carbocycles. The fraction of sp³-hybridized carbons (Fsp3) is 0.800. The maximum atomic E-state index is 4.80. The average molecular weight is 281 g/mol. The molecule has 1 aromatic rings. The Hall–Kier alpha value is -0.610. The van der Waals surface area contributed by atoms with E-state index in [1.165, 1.54) is 56.0 Å². The van der Waals surface area contributed by atoms with Crippen molar-refractivity contribution in [3.63, 3.8) is 0 Å². The fourth-order valence-electron chi connectivity index (χ4n) is 2.82. The molecule has 0 amide bonds. The van der Waals surface area contributed by atoms with Crippen molar-refractivity contribution in [1.82, 2.24) is 10.3 Å². The van der Waals surface area contributed by atoms with E-state index in [0.717, 1.165) is 5.92 Å². The van der Waals surface area contributed by atoms with Crippen LogP contribution in [0.2, 0.25) is 0 Å². The Morgan fingerprint density at radius 3 is 3.05 bits per heavy atom. The van der Waals surface area contributed by atoms with Gasteiger partial charge in [0.15, 0.2) is 5.13 Å². The monoisotopic (exact) mass is 281 g/mol. The first-order valence-electron chi connectivity index (χ1n) is 7.62. The summed E-state index contributed by atoms with van der Waals surface area (Å²) in [5.41, 5.74) is 1.18. The van der Waals surface area contributed by atoms with E-state index in [1.54, 1.807) is 11.3 Å². The number of nitrogens with zero attached hydrogens (tertiary/aromatic N) is 2. The van der Waals surface area contributed by atoms with Crippen LogP contribution in [-0.2, 0) is 0 Å². The first-order chi connectivity index (χ1) is 9.24. The first kappa shape index (κ1) is 14.8. The zero-order valence-electron chi connectivity index (χ0n) is 12.5. The van der Waals surface area contributed by atoms with E-state index in [2.05, 4.69) is 29.4 Å². The van der Waals surface area contributed by atoms with E-state index >= 15 is 0 Å². The molecule has 0 bridgehead atoms. The molecule has 1 N–H and O–H groups in total. The van der Waals surface area contributed by atoms with Gasteiger partial charge in [0.2, 0.25) is 0 Å². The maximum absolute atomic E-state index is 4.80. The van der Waals surface area contributed by atoms with Crippen LogP contribution in [-0.4, -0.2) is 25.1 Å². The Labute approximate surface area is 121 Å². The zero-order valence-corrected chi connectivity index (χ0v) is 13.3. The van der Waals surface area contributed by atoms with Crippen molar-refractivity contribution in [3.05, 3.63) is 11.1 Å². The highest BCUT2D eigenvalue weighted by molar-refractivity contribution is 7.13. The average Bonchev–Trinajstić information content (AvgIpc) is 2.80. The normalized spacial score (nSPS) is 22.3. The largest absolute Gasteiger partial charge is 0.348 e. The highest BCUT2D eigenvalue weighted by Crippen LogP contribution is 2.28. The molecule has 2 unspecified atom stereocenters. The van der Waals surface area contributed by atoms with Crippen LogP contribution >= 0.6 is 11.3 Å². The van der Waals surface area contributed by atoms with Gasteiger partial charge in [-0.25, -0.2) is 4.98 Å². The molecule has 1 saturated heterocycles. The van der Waals surface area contributed by atoms with Crippen LogP contribution in [0.4, 0.5) is 5.13 Å². The van der Waals surface area contributed by atoms with Gasteiger partial charge in [-0.3, -0.25) is 0 Å². The molecule has 0 saturated carbocycles. The summed E-state index contributed by atoms with van der Waals surface area (Å²) < 4.78 is 0. The van der Waals surface area contributed by atoms with Crippen LogP contribution in [0.1, 0.15) is 57.7 Å². The molecular formula is C15H27N3S. The predicted octanol–water partition coefficient (Wildman–Crippen LogP) is 3.83. The van der Waals surface area contributed by atoms with Crippen molar-refractivity contribution in [2.45, 2.75) is 52.0 Å². The first-order valence-corrected chi connectivity index (χ1v) is 8.50. The Morgan fingerprint density at radius 2 is 2.32 bits per heavy atom. The van der Waals surface area contributed by atoms with Crippen LogP contribution in [0.5, 0.6) is 0 Å². The van der Waals surface area contributed by atoms with Crippen molar-refractivity contribution >= 4 is 16.5 Å².